The van der Waals surface area contributed by atoms with Crippen molar-refractivity contribution in [2.45, 2.75) is 73.1 Å². The van der Waals surface area contributed by atoms with E-state index in [2.05, 4.69) is 48.4 Å². The van der Waals surface area contributed by atoms with Gasteiger partial charge in [-0.15, -0.1) is 0 Å². The highest BCUT2D eigenvalue weighted by Crippen LogP contribution is 2.22. The Hall–Kier alpha value is 0.0249. The highest BCUT2D eigenvalue weighted by Gasteiger charge is 2.21. The molecule has 0 aliphatic heterocycles. The van der Waals surface area contributed by atoms with Crippen LogP contribution in [0.4, 0.5) is 0 Å². The van der Waals surface area contributed by atoms with E-state index in [1.165, 1.54) is 12.8 Å². The van der Waals surface area contributed by atoms with E-state index in [4.69, 9.17) is 4.65 Å². The Morgan fingerprint density at radius 3 is 1.73 bits per heavy atom. The number of rotatable bonds is 7. The lowest BCUT2D eigenvalue weighted by atomic mass is 9.56. The van der Waals surface area contributed by atoms with Crippen molar-refractivity contribution in [3.05, 3.63) is 0 Å². The van der Waals surface area contributed by atoms with Gasteiger partial charge in [-0.05, 0) is 31.0 Å². The van der Waals surface area contributed by atoms with Gasteiger partial charge in [0.05, 0.1) is 0 Å². The first-order valence-electron chi connectivity index (χ1n) is 6.48. The van der Waals surface area contributed by atoms with E-state index in [-0.39, 0.29) is 0 Å². The molecule has 90 valence electrons. The van der Waals surface area contributed by atoms with E-state index in [1.54, 1.807) is 0 Å². The Kier molecular flexibility index (Phi) is 7.34. The molecular formula is C13H29BO. The summed E-state index contributed by atoms with van der Waals surface area (Å²) in [6.45, 7) is 16.2. The van der Waals surface area contributed by atoms with Crippen LogP contribution < -0.4 is 0 Å². The van der Waals surface area contributed by atoms with Crippen LogP contribution in [0.3, 0.4) is 0 Å². The van der Waals surface area contributed by atoms with Crippen molar-refractivity contribution in [1.82, 2.24) is 0 Å². The summed E-state index contributed by atoms with van der Waals surface area (Å²) < 4.78 is 6.02. The van der Waals surface area contributed by atoms with Gasteiger partial charge in [0.25, 0.3) is 6.92 Å². The molecule has 0 spiro atoms. The van der Waals surface area contributed by atoms with Crippen LogP contribution in [-0.2, 0) is 4.65 Å². The van der Waals surface area contributed by atoms with Crippen molar-refractivity contribution in [2.24, 2.45) is 11.8 Å². The maximum atomic E-state index is 6.02. The summed E-state index contributed by atoms with van der Waals surface area (Å²) in [4.78, 5) is 0. The second kappa shape index (κ2) is 7.32. The molecule has 2 heteroatoms. The van der Waals surface area contributed by atoms with Crippen LogP contribution in [0.2, 0.25) is 12.6 Å². The molecule has 0 saturated carbocycles. The summed E-state index contributed by atoms with van der Waals surface area (Å²) in [5, 5.41) is 0. The second-order valence-electron chi connectivity index (χ2n) is 5.89. The minimum absolute atomic E-state index is 0.390. The second-order valence-corrected chi connectivity index (χ2v) is 5.89. The van der Waals surface area contributed by atoms with Gasteiger partial charge in [0, 0.05) is 6.10 Å². The summed E-state index contributed by atoms with van der Waals surface area (Å²) in [5.74, 6) is 2.17. The fraction of sp³-hybridized carbons (Fsp3) is 1.00. The lowest BCUT2D eigenvalue weighted by Crippen LogP contribution is -2.26. The Balaban J connectivity index is 3.84. The fourth-order valence-electron chi connectivity index (χ4n) is 2.16. The minimum Gasteiger partial charge on any atom is -0.434 e. The van der Waals surface area contributed by atoms with Gasteiger partial charge in [-0.2, -0.15) is 0 Å². The molecule has 0 aromatic rings. The molecule has 0 heterocycles. The van der Waals surface area contributed by atoms with E-state index < -0.39 is 0 Å². The van der Waals surface area contributed by atoms with Gasteiger partial charge in [0.15, 0.2) is 0 Å². The van der Waals surface area contributed by atoms with Crippen molar-refractivity contribution in [1.29, 1.82) is 0 Å². The standard InChI is InChI=1S/C13H29BO/c1-10(2)8-12(5)14(7)15-13(6)9-11(3)4/h10-13H,8-9H2,1-7H3. The third-order valence-corrected chi connectivity index (χ3v) is 2.89. The first kappa shape index (κ1) is 15.0. The molecule has 0 aromatic heterocycles. The molecule has 0 rings (SSSR count). The monoisotopic (exact) mass is 212 g/mol. The van der Waals surface area contributed by atoms with E-state index in [0.717, 1.165) is 11.8 Å². The molecule has 0 radical (unpaired) electrons. The van der Waals surface area contributed by atoms with Gasteiger partial charge in [-0.1, -0.05) is 47.9 Å². The summed E-state index contributed by atoms with van der Waals surface area (Å²) in [5.41, 5.74) is 0. The smallest absolute Gasteiger partial charge is 0.293 e. The zero-order chi connectivity index (χ0) is 12.0. The quantitative estimate of drug-likeness (QED) is 0.565. The zero-order valence-electron chi connectivity index (χ0n) is 11.7. The Morgan fingerprint density at radius 1 is 0.867 bits per heavy atom. The summed E-state index contributed by atoms with van der Waals surface area (Å²) in [6, 6.07) is 0. The SMILES string of the molecule is CB(OC(C)CC(C)C)C(C)CC(C)C. The summed E-state index contributed by atoms with van der Waals surface area (Å²) in [7, 11) is 0. The molecule has 0 saturated heterocycles. The number of hydrogen-bond acceptors (Lipinski definition) is 1. The van der Waals surface area contributed by atoms with Gasteiger partial charge < -0.3 is 4.65 Å². The van der Waals surface area contributed by atoms with Gasteiger partial charge in [0.1, 0.15) is 0 Å². The molecule has 2 atom stereocenters. The normalized spacial score (nSPS) is 15.8. The first-order valence-corrected chi connectivity index (χ1v) is 6.48. The highest BCUT2D eigenvalue weighted by atomic mass is 16.4. The van der Waals surface area contributed by atoms with Gasteiger partial charge >= 0.3 is 0 Å². The van der Waals surface area contributed by atoms with Gasteiger partial charge in [0.2, 0.25) is 0 Å². The third kappa shape index (κ3) is 7.90. The molecule has 0 aromatic carbocycles. The van der Waals surface area contributed by atoms with Crippen molar-refractivity contribution in [3.63, 3.8) is 0 Å². The van der Waals surface area contributed by atoms with Gasteiger partial charge in [-0.25, -0.2) is 0 Å². The zero-order valence-corrected chi connectivity index (χ0v) is 11.7. The van der Waals surface area contributed by atoms with E-state index >= 15 is 0 Å². The highest BCUT2D eigenvalue weighted by molar-refractivity contribution is 6.51. The molecule has 0 fully saturated rings. The summed E-state index contributed by atoms with van der Waals surface area (Å²) in [6.07, 6.45) is 2.82. The van der Waals surface area contributed by atoms with E-state index in [9.17, 15) is 0 Å². The van der Waals surface area contributed by atoms with Crippen LogP contribution in [0.1, 0.15) is 54.4 Å². The first-order chi connectivity index (χ1) is 6.82. The van der Waals surface area contributed by atoms with Crippen LogP contribution in [-0.4, -0.2) is 13.0 Å². The topological polar surface area (TPSA) is 9.23 Å². The van der Waals surface area contributed by atoms with Crippen LogP contribution >= 0.6 is 0 Å². The maximum absolute atomic E-state index is 6.02. The van der Waals surface area contributed by atoms with Crippen molar-refractivity contribution >= 4 is 6.92 Å². The van der Waals surface area contributed by atoms with Crippen LogP contribution in [0, 0.1) is 11.8 Å². The minimum atomic E-state index is 0.390. The maximum Gasteiger partial charge on any atom is 0.293 e. The van der Waals surface area contributed by atoms with Crippen molar-refractivity contribution in [2.75, 3.05) is 0 Å². The molecule has 15 heavy (non-hydrogen) atoms. The molecular weight excluding hydrogens is 183 g/mol. The van der Waals surface area contributed by atoms with Gasteiger partial charge in [-0.3, -0.25) is 0 Å². The average molecular weight is 212 g/mol. The largest absolute Gasteiger partial charge is 0.434 e. The lowest BCUT2D eigenvalue weighted by Gasteiger charge is -2.24. The van der Waals surface area contributed by atoms with Crippen LogP contribution in [0.5, 0.6) is 0 Å². The summed E-state index contributed by atoms with van der Waals surface area (Å²) >= 11 is 0. The number of hydrogen-bond donors (Lipinski definition) is 0. The van der Waals surface area contributed by atoms with Crippen LogP contribution in [0.15, 0.2) is 0 Å². The fourth-order valence-corrected chi connectivity index (χ4v) is 2.16. The molecule has 1 nitrogen and oxygen atoms in total. The predicted octanol–water partition coefficient (Wildman–Crippen LogP) is 4.50. The Labute approximate surface area is 97.1 Å². The molecule has 2 unspecified atom stereocenters. The molecule has 0 N–H and O–H groups in total. The van der Waals surface area contributed by atoms with Crippen molar-refractivity contribution in [3.8, 4) is 0 Å². The van der Waals surface area contributed by atoms with E-state index in [1.807, 2.05) is 0 Å². The van der Waals surface area contributed by atoms with Crippen molar-refractivity contribution < 1.29 is 4.65 Å². The average Bonchev–Trinajstić information content (AvgIpc) is 2.00. The Bertz CT molecular complexity index is 157. The third-order valence-electron chi connectivity index (χ3n) is 2.89. The van der Waals surface area contributed by atoms with E-state index in [0.29, 0.717) is 18.8 Å². The van der Waals surface area contributed by atoms with Crippen LogP contribution in [0.25, 0.3) is 0 Å². The molecule has 0 amide bonds. The molecule has 0 bridgehead atoms. The predicted molar refractivity (Wildman–Crippen MR) is 70.5 cm³/mol. The lowest BCUT2D eigenvalue weighted by molar-refractivity contribution is 0.189. The molecule has 0 aliphatic rings. The molecule has 0 aliphatic carbocycles. The Morgan fingerprint density at radius 2 is 1.33 bits per heavy atom.